The number of carbonyl (C=O) groups excluding carboxylic acids is 2. The highest BCUT2D eigenvalue weighted by molar-refractivity contribution is 5.91. The van der Waals surface area contributed by atoms with Gasteiger partial charge in [-0.15, -0.1) is 0 Å². The van der Waals surface area contributed by atoms with Crippen molar-refractivity contribution in [1.82, 2.24) is 15.4 Å². The first-order valence-corrected chi connectivity index (χ1v) is 10.8. The van der Waals surface area contributed by atoms with Crippen molar-refractivity contribution >= 4 is 11.8 Å². The first-order valence-electron chi connectivity index (χ1n) is 10.8. The molecular weight excluding hydrogens is 409 g/mol. The molecule has 2 aromatic carbocycles. The maximum atomic E-state index is 13.4. The van der Waals surface area contributed by atoms with Gasteiger partial charge in [-0.3, -0.25) is 9.59 Å². The number of benzene rings is 2. The zero-order chi connectivity index (χ0) is 22.6. The SMILES string of the molecule is CC(=O)N1CCCC1(Cc1cc(-c2ccccc2)no1)C(=O)NCCc1ccc(F)cc1. The van der Waals surface area contributed by atoms with Crippen LogP contribution < -0.4 is 5.32 Å². The highest BCUT2D eigenvalue weighted by Crippen LogP contribution is 2.34. The van der Waals surface area contributed by atoms with Gasteiger partial charge < -0.3 is 14.7 Å². The van der Waals surface area contributed by atoms with E-state index in [1.54, 1.807) is 17.0 Å². The minimum absolute atomic E-state index is 0.140. The Labute approximate surface area is 186 Å². The second kappa shape index (κ2) is 9.34. The van der Waals surface area contributed by atoms with Crippen LogP contribution in [0.25, 0.3) is 11.3 Å². The lowest BCUT2D eigenvalue weighted by molar-refractivity contribution is -0.143. The molecule has 1 N–H and O–H groups in total. The number of carbonyl (C=O) groups is 2. The molecule has 1 saturated heterocycles. The van der Waals surface area contributed by atoms with Gasteiger partial charge in [0.15, 0.2) is 0 Å². The summed E-state index contributed by atoms with van der Waals surface area (Å²) in [6.45, 7) is 2.41. The molecule has 4 rings (SSSR count). The van der Waals surface area contributed by atoms with Crippen molar-refractivity contribution in [2.24, 2.45) is 0 Å². The summed E-state index contributed by atoms with van der Waals surface area (Å²) in [6.07, 6.45) is 2.12. The molecule has 7 heteroatoms. The third-order valence-electron chi connectivity index (χ3n) is 6.00. The van der Waals surface area contributed by atoms with Crippen molar-refractivity contribution in [3.63, 3.8) is 0 Å². The van der Waals surface area contributed by atoms with E-state index < -0.39 is 5.54 Å². The van der Waals surface area contributed by atoms with Gasteiger partial charge in [-0.05, 0) is 37.0 Å². The Kier molecular flexibility index (Phi) is 6.35. The molecule has 166 valence electrons. The predicted octanol–water partition coefficient (Wildman–Crippen LogP) is 3.76. The molecule has 0 spiro atoms. The summed E-state index contributed by atoms with van der Waals surface area (Å²) in [5.41, 5.74) is 1.54. The van der Waals surface area contributed by atoms with Crippen LogP contribution in [0.2, 0.25) is 0 Å². The van der Waals surface area contributed by atoms with Gasteiger partial charge >= 0.3 is 0 Å². The molecule has 1 aromatic heterocycles. The molecule has 1 aliphatic rings. The Morgan fingerprint density at radius 2 is 1.91 bits per heavy atom. The minimum atomic E-state index is -1.01. The Morgan fingerprint density at radius 3 is 2.62 bits per heavy atom. The first-order chi connectivity index (χ1) is 15.5. The standard InChI is InChI=1S/C25H26FN3O3/c1-18(30)29-15-5-13-25(29,24(31)27-14-12-19-8-10-21(26)11-9-19)17-22-16-23(28-32-22)20-6-3-2-4-7-20/h2-4,6-11,16H,5,12-15,17H2,1H3,(H,27,31). The van der Waals surface area contributed by atoms with E-state index in [0.29, 0.717) is 37.4 Å². The fraction of sp³-hybridized carbons (Fsp3) is 0.320. The van der Waals surface area contributed by atoms with Crippen LogP contribution >= 0.6 is 0 Å². The average Bonchev–Trinajstić information content (AvgIpc) is 3.44. The van der Waals surface area contributed by atoms with Crippen molar-refractivity contribution in [3.8, 4) is 11.3 Å². The Balaban J connectivity index is 1.51. The lowest BCUT2D eigenvalue weighted by Gasteiger charge is -2.36. The van der Waals surface area contributed by atoms with Gasteiger partial charge in [0, 0.05) is 38.1 Å². The predicted molar refractivity (Wildman–Crippen MR) is 118 cm³/mol. The quantitative estimate of drug-likeness (QED) is 0.613. The molecule has 0 bridgehead atoms. The molecule has 0 aliphatic carbocycles. The smallest absolute Gasteiger partial charge is 0.246 e. The number of likely N-dealkylation sites (tertiary alicyclic amines) is 1. The third kappa shape index (κ3) is 4.56. The molecule has 0 saturated carbocycles. The number of amides is 2. The molecule has 1 unspecified atom stereocenters. The number of hydrogen-bond donors (Lipinski definition) is 1. The maximum absolute atomic E-state index is 13.4. The monoisotopic (exact) mass is 435 g/mol. The van der Waals surface area contributed by atoms with Crippen LogP contribution in [0.5, 0.6) is 0 Å². The average molecular weight is 435 g/mol. The summed E-state index contributed by atoms with van der Waals surface area (Å²) >= 11 is 0. The minimum Gasteiger partial charge on any atom is -0.361 e. The van der Waals surface area contributed by atoms with Gasteiger partial charge in [0.1, 0.15) is 22.8 Å². The molecule has 6 nitrogen and oxygen atoms in total. The van der Waals surface area contributed by atoms with Crippen LogP contribution in [0.3, 0.4) is 0 Å². The third-order valence-corrected chi connectivity index (χ3v) is 6.00. The zero-order valence-electron chi connectivity index (χ0n) is 18.0. The summed E-state index contributed by atoms with van der Waals surface area (Å²) in [7, 11) is 0. The van der Waals surface area contributed by atoms with Gasteiger partial charge in [0.2, 0.25) is 11.8 Å². The van der Waals surface area contributed by atoms with Gasteiger partial charge in [-0.2, -0.15) is 0 Å². The zero-order valence-corrected chi connectivity index (χ0v) is 18.0. The van der Waals surface area contributed by atoms with Crippen molar-refractivity contribution in [1.29, 1.82) is 0 Å². The van der Waals surface area contributed by atoms with Crippen molar-refractivity contribution < 1.29 is 18.5 Å². The molecule has 0 radical (unpaired) electrons. The fourth-order valence-electron chi connectivity index (χ4n) is 4.40. The van der Waals surface area contributed by atoms with Crippen LogP contribution in [0.15, 0.2) is 65.2 Å². The normalized spacial score (nSPS) is 18.0. The summed E-state index contributed by atoms with van der Waals surface area (Å²) in [5.74, 6) is -0.0728. The van der Waals surface area contributed by atoms with Crippen LogP contribution in [0, 0.1) is 5.82 Å². The lowest BCUT2D eigenvalue weighted by Crippen LogP contribution is -2.58. The summed E-state index contributed by atoms with van der Waals surface area (Å²) in [5, 5.41) is 7.14. The summed E-state index contributed by atoms with van der Waals surface area (Å²) in [4.78, 5) is 27.4. The van der Waals surface area contributed by atoms with Gasteiger partial charge in [-0.1, -0.05) is 47.6 Å². The topological polar surface area (TPSA) is 75.4 Å². The number of nitrogens with zero attached hydrogens (tertiary/aromatic N) is 2. The van der Waals surface area contributed by atoms with Gasteiger partial charge in [-0.25, -0.2) is 4.39 Å². The molecule has 32 heavy (non-hydrogen) atoms. The van der Waals surface area contributed by atoms with Gasteiger partial charge in [0.05, 0.1) is 0 Å². The lowest BCUT2D eigenvalue weighted by atomic mass is 9.89. The molecule has 1 atom stereocenters. The van der Waals surface area contributed by atoms with Crippen LogP contribution in [-0.2, 0) is 22.4 Å². The number of hydrogen-bond acceptors (Lipinski definition) is 4. The largest absolute Gasteiger partial charge is 0.361 e. The summed E-state index contributed by atoms with van der Waals surface area (Å²) in [6, 6.07) is 17.7. The highest BCUT2D eigenvalue weighted by Gasteiger charge is 2.49. The van der Waals surface area contributed by atoms with E-state index in [-0.39, 0.29) is 24.1 Å². The Morgan fingerprint density at radius 1 is 1.16 bits per heavy atom. The maximum Gasteiger partial charge on any atom is 0.246 e. The Bertz CT molecular complexity index is 1080. The van der Waals surface area contributed by atoms with Gasteiger partial charge in [0.25, 0.3) is 0 Å². The van der Waals surface area contributed by atoms with E-state index >= 15 is 0 Å². The number of rotatable bonds is 7. The molecule has 2 amide bonds. The van der Waals surface area contributed by atoms with E-state index in [9.17, 15) is 14.0 Å². The molecule has 3 aromatic rings. The first kappa shape index (κ1) is 21.7. The Hall–Kier alpha value is -3.48. The van der Waals surface area contributed by atoms with Crippen LogP contribution in [-0.4, -0.2) is 40.5 Å². The molecule has 1 aliphatic heterocycles. The number of halogens is 1. The van der Waals surface area contributed by atoms with Crippen molar-refractivity contribution in [3.05, 3.63) is 77.8 Å². The number of aromatic nitrogens is 1. The fourth-order valence-corrected chi connectivity index (χ4v) is 4.40. The van der Waals surface area contributed by atoms with E-state index in [1.807, 2.05) is 36.4 Å². The summed E-state index contributed by atoms with van der Waals surface area (Å²) < 4.78 is 18.7. The van der Waals surface area contributed by atoms with E-state index in [4.69, 9.17) is 4.52 Å². The molecule has 2 heterocycles. The van der Waals surface area contributed by atoms with Crippen molar-refractivity contribution in [2.45, 2.75) is 38.1 Å². The van der Waals surface area contributed by atoms with E-state index in [0.717, 1.165) is 17.5 Å². The van der Waals surface area contributed by atoms with E-state index in [2.05, 4.69) is 10.5 Å². The molecular formula is C25H26FN3O3. The van der Waals surface area contributed by atoms with Crippen LogP contribution in [0.1, 0.15) is 31.1 Å². The second-order valence-electron chi connectivity index (χ2n) is 8.16. The van der Waals surface area contributed by atoms with Crippen molar-refractivity contribution in [2.75, 3.05) is 13.1 Å². The molecule has 1 fully saturated rings. The number of nitrogens with one attached hydrogen (secondary N) is 1. The van der Waals surface area contributed by atoms with Crippen LogP contribution in [0.4, 0.5) is 4.39 Å². The highest BCUT2D eigenvalue weighted by atomic mass is 19.1. The second-order valence-corrected chi connectivity index (χ2v) is 8.16. The van der Waals surface area contributed by atoms with E-state index in [1.165, 1.54) is 19.1 Å².